The number of nitrogens with one attached hydrogen (secondary N) is 1. The van der Waals surface area contributed by atoms with Crippen LogP contribution < -0.4 is 10.2 Å². The number of rotatable bonds is 10. The average molecular weight is 626 g/mol. The maximum atomic E-state index is 13.9. The Balaban J connectivity index is 1.66. The molecule has 0 spiro atoms. The van der Waals surface area contributed by atoms with E-state index in [0.717, 1.165) is 18.4 Å². The summed E-state index contributed by atoms with van der Waals surface area (Å²) in [5.41, 5.74) is 1.46. The second-order valence-corrected chi connectivity index (χ2v) is 13.7. The quantitative estimate of drug-likeness (QED) is 0.129. The van der Waals surface area contributed by atoms with E-state index < -0.39 is 20.0 Å². The second-order valence-electron chi connectivity index (χ2n) is 12.1. The highest BCUT2D eigenvalue weighted by atomic mass is 35.5. The summed E-state index contributed by atoms with van der Waals surface area (Å²) in [5, 5.41) is 23.1. The van der Waals surface area contributed by atoms with Crippen LogP contribution in [0.2, 0.25) is 5.02 Å². The lowest BCUT2D eigenvalue weighted by molar-refractivity contribution is 0.191. The summed E-state index contributed by atoms with van der Waals surface area (Å²) in [7, 11) is -2.92. The van der Waals surface area contributed by atoms with E-state index in [1.807, 2.05) is 39.5 Å². The van der Waals surface area contributed by atoms with Gasteiger partial charge in [0, 0.05) is 23.8 Å². The van der Waals surface area contributed by atoms with Gasteiger partial charge in [0.05, 0.1) is 39.5 Å². The lowest BCUT2D eigenvalue weighted by atomic mass is 9.69. The zero-order valence-corrected chi connectivity index (χ0v) is 25.8. The molecule has 0 amide bonds. The summed E-state index contributed by atoms with van der Waals surface area (Å²) in [5.74, 6) is -0.377. The van der Waals surface area contributed by atoms with Crippen molar-refractivity contribution in [3.05, 3.63) is 76.5 Å². The Morgan fingerprint density at radius 2 is 1.98 bits per heavy atom. The third-order valence-corrected chi connectivity index (χ3v) is 7.88. The van der Waals surface area contributed by atoms with Gasteiger partial charge in [0.1, 0.15) is 32.2 Å². The van der Waals surface area contributed by atoms with Gasteiger partial charge in [-0.2, -0.15) is 5.26 Å². The summed E-state index contributed by atoms with van der Waals surface area (Å²) >= 11 is 6.77. The molecule has 224 valence electrons. The van der Waals surface area contributed by atoms with Crippen molar-refractivity contribution in [2.24, 2.45) is 5.41 Å². The van der Waals surface area contributed by atoms with E-state index in [1.54, 1.807) is 29.2 Å². The molecule has 0 radical (unpaired) electrons. The van der Waals surface area contributed by atoms with E-state index in [9.17, 15) is 24.0 Å². The monoisotopic (exact) mass is 625 g/mol. The lowest BCUT2D eigenvalue weighted by Crippen LogP contribution is -2.38. The molecule has 3 N–H and O–H groups in total. The molecule has 0 aliphatic heterocycles. The van der Waals surface area contributed by atoms with Gasteiger partial charge in [0.15, 0.2) is 0 Å². The van der Waals surface area contributed by atoms with Gasteiger partial charge in [0.2, 0.25) is 0 Å². The summed E-state index contributed by atoms with van der Waals surface area (Å²) in [6, 6.07) is 12.0. The van der Waals surface area contributed by atoms with Gasteiger partial charge in [0.25, 0.3) is 0 Å². The van der Waals surface area contributed by atoms with Crippen LogP contribution in [0.4, 0.5) is 15.8 Å². The molecule has 1 unspecified atom stereocenters. The minimum absolute atomic E-state index is 0.174. The molecule has 1 atom stereocenters. The third-order valence-electron chi connectivity index (χ3n) is 7.14. The van der Waals surface area contributed by atoms with E-state index in [2.05, 4.69) is 26.7 Å². The van der Waals surface area contributed by atoms with Crippen LogP contribution in [0.25, 0.3) is 10.9 Å². The zero-order chi connectivity index (χ0) is 31.2. The molecule has 1 aliphatic rings. The number of hydrogen-bond donors (Lipinski definition) is 3. The van der Waals surface area contributed by atoms with Crippen LogP contribution in [-0.4, -0.2) is 50.9 Å². The summed E-state index contributed by atoms with van der Waals surface area (Å²) in [6.45, 7) is 5.66. The first kappa shape index (κ1) is 30.9. The number of phosphoric ester groups is 1. The Hall–Kier alpha value is -3.53. The van der Waals surface area contributed by atoms with Crippen molar-refractivity contribution in [2.75, 3.05) is 23.5 Å². The third kappa shape index (κ3) is 7.01. The maximum absolute atomic E-state index is 13.9. The van der Waals surface area contributed by atoms with Crippen LogP contribution in [0.3, 0.4) is 0 Å². The highest BCUT2D eigenvalue weighted by molar-refractivity contribution is 7.46. The molecule has 0 saturated heterocycles. The number of hydrogen-bond acceptors (Lipinski definition) is 8. The smallest absolute Gasteiger partial charge is 0.378 e. The first-order valence-corrected chi connectivity index (χ1v) is 15.5. The van der Waals surface area contributed by atoms with Crippen LogP contribution in [-0.2, 0) is 14.5 Å². The number of aromatic nitrogens is 4. The van der Waals surface area contributed by atoms with Gasteiger partial charge >= 0.3 is 7.82 Å². The van der Waals surface area contributed by atoms with Crippen molar-refractivity contribution in [3.63, 3.8) is 0 Å². The van der Waals surface area contributed by atoms with E-state index in [1.165, 1.54) is 18.3 Å². The molecule has 11 nitrogen and oxygen atoms in total. The molecule has 1 fully saturated rings. The Labute approximate surface area is 254 Å². The first-order valence-electron chi connectivity index (χ1n) is 13.6. The Morgan fingerprint density at radius 1 is 1.28 bits per heavy atom. The molecular weight excluding hydrogens is 595 g/mol. The highest BCUT2D eigenvalue weighted by Crippen LogP contribution is 2.41. The number of nitrogens with zero attached hydrogens (tertiary/aromatic N) is 6. The first-order chi connectivity index (χ1) is 20.2. The lowest BCUT2D eigenvalue weighted by Gasteiger charge is -2.33. The summed E-state index contributed by atoms with van der Waals surface area (Å²) < 4.78 is 32.3. The van der Waals surface area contributed by atoms with Crippen LogP contribution >= 0.6 is 19.4 Å². The number of fused-ring (bicyclic) bond motifs is 1. The normalized spacial score (nSPS) is 15.2. The molecule has 15 heteroatoms. The number of halogens is 2. The van der Waals surface area contributed by atoms with Gasteiger partial charge in [-0.1, -0.05) is 49.7 Å². The van der Waals surface area contributed by atoms with Crippen molar-refractivity contribution in [2.45, 2.75) is 45.1 Å². The largest absolute Gasteiger partial charge is 0.471 e. The number of anilines is 2. The second kappa shape index (κ2) is 11.5. The number of pyridine rings is 1. The highest BCUT2D eigenvalue weighted by Gasteiger charge is 2.35. The number of benzene rings is 2. The predicted octanol–water partition coefficient (Wildman–Crippen LogP) is 4.69. The topological polar surface area (TPSA) is 149 Å². The zero-order valence-electron chi connectivity index (χ0n) is 24.1. The van der Waals surface area contributed by atoms with Gasteiger partial charge < -0.3 is 20.0 Å². The fourth-order valence-corrected chi connectivity index (χ4v) is 5.58. The van der Waals surface area contributed by atoms with E-state index in [4.69, 9.17) is 16.1 Å². The predicted molar refractivity (Wildman–Crippen MR) is 164 cm³/mol. The summed E-state index contributed by atoms with van der Waals surface area (Å²) in [6.07, 6.45) is 5.31. The van der Waals surface area contributed by atoms with Crippen molar-refractivity contribution in [1.29, 1.82) is 5.26 Å². The molecule has 0 bridgehead atoms. The Morgan fingerprint density at radius 3 is 2.58 bits per heavy atom. The molecule has 5 rings (SSSR count). The molecule has 1 aliphatic carbocycles. The molecule has 2 aromatic heterocycles. The Kier molecular flexibility index (Phi) is 8.29. The van der Waals surface area contributed by atoms with Crippen molar-refractivity contribution >= 4 is 49.5 Å². The molecule has 2 aromatic carbocycles. The standard InChI is InChI=1S/C28H31BClFN7O4P/c1-27(2,3)15-37(16-42-43(39,40)41)26-17(12-32)13-33-25-22(26)10-20(11-23(25)30)34-28(29,18-4-6-19(31)7-5-18)24-14-38(36-35-24)21-8-9-21/h4-7,10-11,13-14,21,34H,8-9,15-16,29H2,1-3H3,(H2,39,40,41). The minimum atomic E-state index is -4.83. The molecule has 1 saturated carbocycles. The van der Waals surface area contributed by atoms with Crippen LogP contribution in [0.15, 0.2) is 48.8 Å². The molecule has 4 aromatic rings. The average Bonchev–Trinajstić information content (AvgIpc) is 3.65. The Bertz CT molecular complexity index is 1750. The van der Waals surface area contributed by atoms with Gasteiger partial charge in [-0.15, -0.1) is 5.10 Å². The number of phosphoric acid groups is 1. The van der Waals surface area contributed by atoms with Crippen molar-refractivity contribution < 1.29 is 23.3 Å². The number of nitriles is 1. The van der Waals surface area contributed by atoms with E-state index >= 15 is 0 Å². The van der Waals surface area contributed by atoms with Gasteiger partial charge in [-0.05, 0) is 48.1 Å². The summed E-state index contributed by atoms with van der Waals surface area (Å²) in [4.78, 5) is 24.9. The fraction of sp³-hybridized carbons (Fsp3) is 0.357. The fourth-order valence-electron chi connectivity index (χ4n) is 5.03. The van der Waals surface area contributed by atoms with E-state index in [0.29, 0.717) is 34.0 Å². The van der Waals surface area contributed by atoms with Crippen LogP contribution in [0.1, 0.15) is 56.5 Å². The van der Waals surface area contributed by atoms with Crippen LogP contribution in [0, 0.1) is 22.6 Å². The van der Waals surface area contributed by atoms with Crippen molar-refractivity contribution in [3.8, 4) is 6.07 Å². The molecular formula is C28H31BClFN7O4P. The minimum Gasteiger partial charge on any atom is -0.378 e. The van der Waals surface area contributed by atoms with Gasteiger partial charge in [-0.3, -0.25) is 9.51 Å². The van der Waals surface area contributed by atoms with Crippen molar-refractivity contribution in [1.82, 2.24) is 20.0 Å². The van der Waals surface area contributed by atoms with Crippen LogP contribution in [0.5, 0.6) is 0 Å². The SMILES string of the molecule is BC(Nc1cc(Cl)c2ncc(C#N)c(N(COP(=O)(O)O)CC(C)(C)C)c2c1)(c1ccc(F)cc1)c1cn(C2CC2)nn1. The van der Waals surface area contributed by atoms with E-state index in [-0.39, 0.29) is 28.4 Å². The maximum Gasteiger partial charge on any atom is 0.471 e. The molecule has 2 heterocycles. The molecule has 43 heavy (non-hydrogen) atoms. The van der Waals surface area contributed by atoms with Gasteiger partial charge in [-0.25, -0.2) is 13.6 Å².